The molecule has 0 spiro atoms. The maximum atomic E-state index is 12.0. The second kappa shape index (κ2) is 4.97. The Kier molecular flexibility index (Phi) is 3.56. The van der Waals surface area contributed by atoms with Crippen molar-refractivity contribution in [3.8, 4) is 0 Å². The molecule has 2 heterocycles. The number of nitrogens with zero attached hydrogens (tertiary/aromatic N) is 1. The minimum absolute atomic E-state index is 0.117. The number of aryl methyl sites for hydroxylation is 1. The Balaban J connectivity index is 2.73. The lowest BCUT2D eigenvalue weighted by Gasteiger charge is -2.05. The highest BCUT2D eigenvalue weighted by molar-refractivity contribution is 7.99. The maximum Gasteiger partial charge on any atom is 0.337 e. The largest absolute Gasteiger partial charge is 0.403 e. The zero-order valence-corrected chi connectivity index (χ0v) is 11.3. The van der Waals surface area contributed by atoms with Crippen LogP contribution in [-0.2, 0) is 6.42 Å². The van der Waals surface area contributed by atoms with E-state index in [1.807, 2.05) is 20.8 Å². The molecule has 0 bridgehead atoms. The van der Waals surface area contributed by atoms with E-state index in [-0.39, 0.29) is 16.5 Å². The fourth-order valence-electron chi connectivity index (χ4n) is 1.69. The second-order valence-electron chi connectivity index (χ2n) is 4.16. The normalized spacial score (nSPS) is 11.3. The predicted molar refractivity (Wildman–Crippen MR) is 71.3 cm³/mol. The second-order valence-corrected chi connectivity index (χ2v) is 5.73. The van der Waals surface area contributed by atoms with E-state index in [1.54, 1.807) is 0 Å². The monoisotopic (exact) mass is 266 g/mol. The Morgan fingerprint density at radius 3 is 2.78 bits per heavy atom. The Morgan fingerprint density at radius 2 is 2.17 bits per heavy atom. The van der Waals surface area contributed by atoms with E-state index in [4.69, 9.17) is 4.42 Å². The van der Waals surface area contributed by atoms with Gasteiger partial charge in [0.05, 0.1) is 0 Å². The van der Waals surface area contributed by atoms with E-state index in [1.165, 1.54) is 17.8 Å². The van der Waals surface area contributed by atoms with Crippen LogP contribution >= 0.6 is 11.8 Å². The SMILES string of the molecule is CCc1cc(=O)oc2nc(SC(C)C)[nH]c(=O)c12. The molecule has 0 saturated heterocycles. The van der Waals surface area contributed by atoms with Gasteiger partial charge in [-0.2, -0.15) is 4.98 Å². The minimum atomic E-state index is -0.474. The highest BCUT2D eigenvalue weighted by Gasteiger charge is 2.12. The van der Waals surface area contributed by atoms with Crippen LogP contribution in [0, 0.1) is 0 Å². The molecule has 6 heteroatoms. The van der Waals surface area contributed by atoms with E-state index in [9.17, 15) is 9.59 Å². The van der Waals surface area contributed by atoms with Gasteiger partial charge < -0.3 is 9.40 Å². The summed E-state index contributed by atoms with van der Waals surface area (Å²) in [5.41, 5.74) is 0.0454. The van der Waals surface area contributed by atoms with Crippen molar-refractivity contribution in [3.63, 3.8) is 0 Å². The summed E-state index contributed by atoms with van der Waals surface area (Å²) in [4.78, 5) is 30.3. The molecule has 0 aliphatic carbocycles. The van der Waals surface area contributed by atoms with Crippen molar-refractivity contribution in [3.05, 3.63) is 32.4 Å². The van der Waals surface area contributed by atoms with E-state index in [2.05, 4.69) is 9.97 Å². The molecule has 2 rings (SSSR count). The number of nitrogens with one attached hydrogen (secondary N) is 1. The summed E-state index contributed by atoms with van der Waals surface area (Å²) in [7, 11) is 0. The van der Waals surface area contributed by atoms with Crippen LogP contribution in [0.2, 0.25) is 0 Å². The minimum Gasteiger partial charge on any atom is -0.403 e. The molecule has 0 aliphatic rings. The van der Waals surface area contributed by atoms with Crippen LogP contribution < -0.4 is 11.2 Å². The van der Waals surface area contributed by atoms with Crippen LogP contribution in [-0.4, -0.2) is 15.2 Å². The van der Waals surface area contributed by atoms with Gasteiger partial charge in [-0.15, -0.1) is 0 Å². The van der Waals surface area contributed by atoms with Gasteiger partial charge in [-0.05, 0) is 12.0 Å². The number of rotatable bonds is 3. The number of H-pyrrole nitrogens is 1. The lowest BCUT2D eigenvalue weighted by atomic mass is 10.1. The van der Waals surface area contributed by atoms with E-state index in [0.717, 1.165) is 0 Å². The van der Waals surface area contributed by atoms with Crippen molar-refractivity contribution >= 4 is 22.9 Å². The third-order valence-electron chi connectivity index (χ3n) is 2.40. The first-order valence-corrected chi connectivity index (χ1v) is 6.63. The highest BCUT2D eigenvalue weighted by atomic mass is 32.2. The molecule has 0 aliphatic heterocycles. The van der Waals surface area contributed by atoms with Gasteiger partial charge in [0.25, 0.3) is 5.56 Å². The summed E-state index contributed by atoms with van der Waals surface area (Å²) in [6, 6.07) is 1.34. The maximum absolute atomic E-state index is 12.0. The summed E-state index contributed by atoms with van der Waals surface area (Å²) in [5, 5.41) is 1.12. The molecule has 18 heavy (non-hydrogen) atoms. The first kappa shape index (κ1) is 12.9. The van der Waals surface area contributed by atoms with Crippen molar-refractivity contribution < 1.29 is 4.42 Å². The molecule has 2 aromatic heterocycles. The smallest absolute Gasteiger partial charge is 0.337 e. The Morgan fingerprint density at radius 1 is 1.44 bits per heavy atom. The van der Waals surface area contributed by atoms with E-state index < -0.39 is 5.63 Å². The van der Waals surface area contributed by atoms with Gasteiger partial charge in [0, 0.05) is 11.3 Å². The Labute approximate surface area is 108 Å². The van der Waals surface area contributed by atoms with Crippen molar-refractivity contribution in [2.45, 2.75) is 37.6 Å². The van der Waals surface area contributed by atoms with Gasteiger partial charge in [-0.25, -0.2) is 4.79 Å². The third kappa shape index (κ3) is 2.48. The van der Waals surface area contributed by atoms with Gasteiger partial charge in [0.15, 0.2) is 5.16 Å². The molecule has 5 nitrogen and oxygen atoms in total. The zero-order valence-electron chi connectivity index (χ0n) is 10.4. The van der Waals surface area contributed by atoms with Crippen LogP contribution in [0.25, 0.3) is 11.1 Å². The quantitative estimate of drug-likeness (QED) is 0.678. The third-order valence-corrected chi connectivity index (χ3v) is 3.29. The van der Waals surface area contributed by atoms with Crippen LogP contribution in [0.3, 0.4) is 0 Å². The molecule has 0 unspecified atom stereocenters. The number of thioether (sulfide) groups is 1. The number of fused-ring (bicyclic) bond motifs is 1. The van der Waals surface area contributed by atoms with E-state index in [0.29, 0.717) is 22.5 Å². The average Bonchev–Trinajstić information content (AvgIpc) is 2.25. The summed E-state index contributed by atoms with van der Waals surface area (Å²) in [6.07, 6.45) is 0.587. The molecule has 0 radical (unpaired) electrons. The molecule has 0 saturated carbocycles. The van der Waals surface area contributed by atoms with E-state index >= 15 is 0 Å². The topological polar surface area (TPSA) is 76.0 Å². The lowest BCUT2D eigenvalue weighted by molar-refractivity contribution is 0.541. The highest BCUT2D eigenvalue weighted by Crippen LogP contribution is 2.19. The zero-order chi connectivity index (χ0) is 13.3. The average molecular weight is 266 g/mol. The first-order chi connectivity index (χ1) is 8.51. The number of aromatic nitrogens is 2. The van der Waals surface area contributed by atoms with Gasteiger partial charge in [0.1, 0.15) is 5.39 Å². The number of hydrogen-bond donors (Lipinski definition) is 1. The van der Waals surface area contributed by atoms with Crippen molar-refractivity contribution in [2.24, 2.45) is 0 Å². The molecular weight excluding hydrogens is 252 g/mol. The Bertz CT molecular complexity index is 688. The summed E-state index contributed by atoms with van der Waals surface area (Å²) in [5.74, 6) is 0. The molecular formula is C12H14N2O3S. The van der Waals surface area contributed by atoms with Crippen molar-refractivity contribution in [2.75, 3.05) is 0 Å². The van der Waals surface area contributed by atoms with Crippen LogP contribution in [0.15, 0.2) is 25.2 Å². The number of aromatic amines is 1. The molecule has 0 aromatic carbocycles. The molecule has 0 fully saturated rings. The molecule has 2 aromatic rings. The predicted octanol–water partition coefficient (Wildman–Crippen LogP) is 1.94. The van der Waals surface area contributed by atoms with Crippen LogP contribution in [0.4, 0.5) is 0 Å². The summed E-state index contributed by atoms with van der Waals surface area (Å²) < 4.78 is 5.01. The first-order valence-electron chi connectivity index (χ1n) is 5.75. The van der Waals surface area contributed by atoms with Crippen molar-refractivity contribution in [1.82, 2.24) is 9.97 Å². The van der Waals surface area contributed by atoms with Gasteiger partial charge in [0.2, 0.25) is 5.71 Å². The lowest BCUT2D eigenvalue weighted by Crippen LogP contribution is -2.14. The molecule has 1 N–H and O–H groups in total. The van der Waals surface area contributed by atoms with Gasteiger partial charge in [-0.3, -0.25) is 4.79 Å². The summed E-state index contributed by atoms with van der Waals surface area (Å²) in [6.45, 7) is 5.87. The van der Waals surface area contributed by atoms with Gasteiger partial charge in [-0.1, -0.05) is 32.5 Å². The standard InChI is InChI=1S/C12H14N2O3S/c1-4-7-5-8(15)17-11-9(7)10(16)13-12(14-11)18-6(2)3/h5-6H,4H2,1-3H3,(H,13,14,16). The summed E-state index contributed by atoms with van der Waals surface area (Å²) >= 11 is 1.42. The van der Waals surface area contributed by atoms with Crippen LogP contribution in [0.1, 0.15) is 26.3 Å². The molecule has 0 atom stereocenters. The number of hydrogen-bond acceptors (Lipinski definition) is 5. The fraction of sp³-hybridized carbons (Fsp3) is 0.417. The van der Waals surface area contributed by atoms with Crippen LogP contribution in [0.5, 0.6) is 0 Å². The Hall–Kier alpha value is -1.56. The van der Waals surface area contributed by atoms with Gasteiger partial charge >= 0.3 is 5.63 Å². The van der Waals surface area contributed by atoms with Crippen molar-refractivity contribution in [1.29, 1.82) is 0 Å². The fourth-order valence-corrected chi connectivity index (χ4v) is 2.42. The molecule has 0 amide bonds. The molecule has 96 valence electrons.